The first-order valence-corrected chi connectivity index (χ1v) is 10.2. The molecule has 2 aromatic rings. The third kappa shape index (κ3) is 4.26. The summed E-state index contributed by atoms with van der Waals surface area (Å²) in [5.41, 5.74) is 2.60. The summed E-state index contributed by atoms with van der Waals surface area (Å²) in [6, 6.07) is 11.5. The van der Waals surface area contributed by atoms with E-state index in [2.05, 4.69) is 5.32 Å². The van der Waals surface area contributed by atoms with E-state index < -0.39 is 0 Å². The van der Waals surface area contributed by atoms with Gasteiger partial charge in [-0.25, -0.2) is 0 Å². The summed E-state index contributed by atoms with van der Waals surface area (Å²) in [6.45, 7) is 3.41. The van der Waals surface area contributed by atoms with Gasteiger partial charge in [0.05, 0.1) is 5.57 Å². The van der Waals surface area contributed by atoms with Gasteiger partial charge in [0.15, 0.2) is 0 Å². The van der Waals surface area contributed by atoms with Gasteiger partial charge in [0.2, 0.25) is 0 Å². The normalized spacial score (nSPS) is 14.2. The van der Waals surface area contributed by atoms with Crippen LogP contribution in [0.3, 0.4) is 0 Å². The molecule has 1 aliphatic heterocycles. The molecule has 1 aromatic heterocycles. The molecule has 0 saturated carbocycles. The number of thiophene rings is 1. The van der Waals surface area contributed by atoms with E-state index in [1.54, 1.807) is 0 Å². The summed E-state index contributed by atoms with van der Waals surface area (Å²) >= 11 is 1.45. The lowest BCUT2D eigenvalue weighted by atomic mass is 10.2. The number of carbonyl (C=O) groups excluding carboxylic acids is 2. The number of benzene rings is 1. The van der Waals surface area contributed by atoms with Crippen LogP contribution in [0.1, 0.15) is 18.2 Å². The highest BCUT2D eigenvalue weighted by Crippen LogP contribution is 2.33. The Hall–Kier alpha value is -2.64. The monoisotopic (exact) mass is 399 g/mol. The average Bonchev–Trinajstić information content (AvgIpc) is 3.28. The zero-order valence-corrected chi connectivity index (χ0v) is 17.2. The van der Waals surface area contributed by atoms with Crippen LogP contribution in [0, 0.1) is 0 Å². The number of amides is 2. The first kappa shape index (κ1) is 20.1. The fourth-order valence-corrected chi connectivity index (χ4v) is 3.77. The molecule has 0 aliphatic carbocycles. The molecule has 0 fully saturated rings. The summed E-state index contributed by atoms with van der Waals surface area (Å²) in [5, 5.41) is 5.09. The molecular formula is C21H25N3O3S. The molecule has 1 aliphatic rings. The van der Waals surface area contributed by atoms with Crippen molar-refractivity contribution >= 4 is 40.1 Å². The third-order valence-electron chi connectivity index (χ3n) is 4.46. The lowest BCUT2D eigenvalue weighted by Crippen LogP contribution is -2.33. The van der Waals surface area contributed by atoms with E-state index in [0.717, 1.165) is 16.3 Å². The summed E-state index contributed by atoms with van der Waals surface area (Å²) in [4.78, 5) is 30.1. The highest BCUT2D eigenvalue weighted by atomic mass is 32.1. The second-order valence-corrected chi connectivity index (χ2v) is 7.55. The van der Waals surface area contributed by atoms with Crippen molar-refractivity contribution in [3.63, 3.8) is 0 Å². The predicted molar refractivity (Wildman–Crippen MR) is 113 cm³/mol. The standard InChI is InChI=1S/C21H25N3O3S/c1-4-27-13-6-12-24-20(25)18(17-7-5-14-28-17)19(21(24)26)22-15-8-10-16(11-9-15)23(2)3/h5,7-11,14,22H,4,6,12-13H2,1-3H3. The van der Waals surface area contributed by atoms with Crippen LogP contribution in [-0.2, 0) is 14.3 Å². The number of anilines is 2. The Balaban J connectivity index is 1.85. The van der Waals surface area contributed by atoms with Crippen LogP contribution in [0.25, 0.3) is 5.57 Å². The Bertz CT molecular complexity index is 858. The van der Waals surface area contributed by atoms with Gasteiger partial charge in [0.1, 0.15) is 5.70 Å². The zero-order chi connectivity index (χ0) is 20.1. The molecule has 1 N–H and O–H groups in total. The Morgan fingerprint density at radius 3 is 2.46 bits per heavy atom. The van der Waals surface area contributed by atoms with Gasteiger partial charge >= 0.3 is 0 Å². The van der Waals surface area contributed by atoms with Crippen LogP contribution < -0.4 is 10.2 Å². The molecule has 0 spiro atoms. The maximum atomic E-state index is 13.0. The van der Waals surface area contributed by atoms with Crippen molar-refractivity contribution in [1.82, 2.24) is 4.90 Å². The Kier molecular flexibility index (Phi) is 6.49. The van der Waals surface area contributed by atoms with E-state index in [1.807, 2.05) is 67.7 Å². The molecule has 0 bridgehead atoms. The second-order valence-electron chi connectivity index (χ2n) is 6.61. The molecule has 0 atom stereocenters. The molecule has 2 heterocycles. The van der Waals surface area contributed by atoms with Gasteiger partial charge in [-0.3, -0.25) is 14.5 Å². The Morgan fingerprint density at radius 2 is 1.86 bits per heavy atom. The molecule has 28 heavy (non-hydrogen) atoms. The molecule has 148 valence electrons. The van der Waals surface area contributed by atoms with Gasteiger partial charge in [0.25, 0.3) is 11.8 Å². The van der Waals surface area contributed by atoms with Gasteiger partial charge < -0.3 is 15.0 Å². The molecule has 2 amide bonds. The fourth-order valence-electron chi connectivity index (χ4n) is 3.00. The maximum Gasteiger partial charge on any atom is 0.278 e. The quantitative estimate of drug-likeness (QED) is 0.517. The van der Waals surface area contributed by atoms with Gasteiger partial charge in [-0.15, -0.1) is 11.3 Å². The lowest BCUT2D eigenvalue weighted by Gasteiger charge is -2.15. The largest absolute Gasteiger partial charge is 0.382 e. The number of hydrogen-bond donors (Lipinski definition) is 1. The first-order chi connectivity index (χ1) is 13.5. The smallest absolute Gasteiger partial charge is 0.278 e. The minimum absolute atomic E-state index is 0.253. The number of nitrogens with zero attached hydrogens (tertiary/aromatic N) is 2. The van der Waals surface area contributed by atoms with Crippen LogP contribution >= 0.6 is 11.3 Å². The molecule has 1 aromatic carbocycles. The van der Waals surface area contributed by atoms with Crippen molar-refractivity contribution < 1.29 is 14.3 Å². The van der Waals surface area contributed by atoms with Crippen LogP contribution in [0.2, 0.25) is 0 Å². The minimum Gasteiger partial charge on any atom is -0.382 e. The van der Waals surface area contributed by atoms with Crippen LogP contribution in [-0.4, -0.2) is 50.6 Å². The van der Waals surface area contributed by atoms with Crippen molar-refractivity contribution in [3.05, 3.63) is 52.4 Å². The predicted octanol–water partition coefficient (Wildman–Crippen LogP) is 3.43. The Morgan fingerprint density at radius 1 is 1.11 bits per heavy atom. The van der Waals surface area contributed by atoms with E-state index in [-0.39, 0.29) is 11.8 Å². The number of nitrogens with one attached hydrogen (secondary N) is 1. The number of hydrogen-bond acceptors (Lipinski definition) is 6. The van der Waals surface area contributed by atoms with Gasteiger partial charge in [0, 0.05) is 50.1 Å². The average molecular weight is 400 g/mol. The molecule has 0 saturated heterocycles. The molecule has 0 radical (unpaired) electrons. The SMILES string of the molecule is CCOCCCN1C(=O)C(Nc2ccc(N(C)C)cc2)=C(c2cccs2)C1=O. The van der Waals surface area contributed by atoms with E-state index >= 15 is 0 Å². The van der Waals surface area contributed by atoms with E-state index in [9.17, 15) is 9.59 Å². The summed E-state index contributed by atoms with van der Waals surface area (Å²) < 4.78 is 5.34. The van der Waals surface area contributed by atoms with E-state index in [1.165, 1.54) is 16.2 Å². The summed E-state index contributed by atoms with van der Waals surface area (Å²) in [5.74, 6) is -0.544. The van der Waals surface area contributed by atoms with Crippen LogP contribution in [0.15, 0.2) is 47.5 Å². The van der Waals surface area contributed by atoms with Gasteiger partial charge in [-0.1, -0.05) is 6.07 Å². The first-order valence-electron chi connectivity index (χ1n) is 9.29. The van der Waals surface area contributed by atoms with Crippen molar-refractivity contribution in [2.45, 2.75) is 13.3 Å². The van der Waals surface area contributed by atoms with E-state index in [4.69, 9.17) is 4.74 Å². The highest BCUT2D eigenvalue weighted by molar-refractivity contribution is 7.11. The lowest BCUT2D eigenvalue weighted by molar-refractivity contribution is -0.137. The molecule has 3 rings (SSSR count). The molecule has 7 heteroatoms. The summed E-state index contributed by atoms with van der Waals surface area (Å²) in [7, 11) is 3.94. The number of rotatable bonds is 9. The molecule has 0 unspecified atom stereocenters. The Labute approximate surface area is 169 Å². The van der Waals surface area contributed by atoms with Gasteiger partial charge in [-0.2, -0.15) is 0 Å². The van der Waals surface area contributed by atoms with Crippen molar-refractivity contribution in [2.75, 3.05) is 44.1 Å². The van der Waals surface area contributed by atoms with Gasteiger partial charge in [-0.05, 0) is 49.1 Å². The minimum atomic E-state index is -0.290. The second kappa shape index (κ2) is 9.03. The number of imide groups is 1. The highest BCUT2D eigenvalue weighted by Gasteiger charge is 2.39. The third-order valence-corrected chi connectivity index (χ3v) is 5.35. The number of carbonyl (C=O) groups is 2. The van der Waals surface area contributed by atoms with Crippen LogP contribution in [0.4, 0.5) is 11.4 Å². The zero-order valence-electron chi connectivity index (χ0n) is 16.4. The fraction of sp³-hybridized carbons (Fsp3) is 0.333. The van der Waals surface area contributed by atoms with Crippen molar-refractivity contribution in [2.24, 2.45) is 0 Å². The topological polar surface area (TPSA) is 61.9 Å². The van der Waals surface area contributed by atoms with Crippen molar-refractivity contribution in [3.8, 4) is 0 Å². The van der Waals surface area contributed by atoms with Crippen molar-refractivity contribution in [1.29, 1.82) is 0 Å². The van der Waals surface area contributed by atoms with E-state index in [0.29, 0.717) is 37.4 Å². The number of ether oxygens (including phenoxy) is 1. The summed E-state index contributed by atoms with van der Waals surface area (Å²) in [6.07, 6.45) is 0.619. The maximum absolute atomic E-state index is 13.0. The molecular weight excluding hydrogens is 374 g/mol. The van der Waals surface area contributed by atoms with Crippen LogP contribution in [0.5, 0.6) is 0 Å². The molecule has 6 nitrogen and oxygen atoms in total.